The molecule has 0 saturated carbocycles. The summed E-state index contributed by atoms with van der Waals surface area (Å²) >= 11 is 0. The predicted molar refractivity (Wildman–Crippen MR) is 73.7 cm³/mol. The van der Waals surface area contributed by atoms with Crippen LogP contribution in [-0.2, 0) is 9.53 Å². The minimum atomic E-state index is -0.751. The Morgan fingerprint density at radius 2 is 1.78 bits per heavy atom. The van der Waals surface area contributed by atoms with Crippen LogP contribution >= 0.6 is 0 Å². The van der Waals surface area contributed by atoms with E-state index in [4.69, 9.17) is 4.74 Å². The number of nitrogens with one attached hydrogen (secondary N) is 1. The lowest BCUT2D eigenvalue weighted by Crippen LogP contribution is -2.41. The molecule has 2 aromatic carbocycles. The van der Waals surface area contributed by atoms with Gasteiger partial charge in [-0.25, -0.2) is 4.79 Å². The standard InChI is InChI=1S/C15H17NO2/c1-15(2,14(17)18-3)16-13-10-6-8-11-7-4-5-9-12(11)13/h4-10,16H,1-3H3. The maximum absolute atomic E-state index is 11.7. The van der Waals surface area contributed by atoms with Gasteiger partial charge in [-0.1, -0.05) is 36.4 Å². The van der Waals surface area contributed by atoms with Gasteiger partial charge in [-0.15, -0.1) is 0 Å². The van der Waals surface area contributed by atoms with E-state index in [9.17, 15) is 4.79 Å². The molecule has 0 amide bonds. The van der Waals surface area contributed by atoms with Crippen LogP contribution in [0, 0.1) is 0 Å². The van der Waals surface area contributed by atoms with Gasteiger partial charge in [-0.05, 0) is 25.3 Å². The number of esters is 1. The first-order valence-corrected chi connectivity index (χ1v) is 5.89. The van der Waals surface area contributed by atoms with Crippen LogP contribution in [0.2, 0.25) is 0 Å². The minimum Gasteiger partial charge on any atom is -0.467 e. The second-order valence-electron chi connectivity index (χ2n) is 4.77. The van der Waals surface area contributed by atoms with Crippen molar-refractivity contribution in [2.24, 2.45) is 0 Å². The number of rotatable bonds is 3. The highest BCUT2D eigenvalue weighted by Gasteiger charge is 2.28. The summed E-state index contributed by atoms with van der Waals surface area (Å²) in [7, 11) is 1.40. The van der Waals surface area contributed by atoms with Crippen LogP contribution in [0.4, 0.5) is 5.69 Å². The largest absolute Gasteiger partial charge is 0.467 e. The molecular formula is C15H17NO2. The van der Waals surface area contributed by atoms with Crippen LogP contribution in [0.15, 0.2) is 42.5 Å². The van der Waals surface area contributed by atoms with E-state index >= 15 is 0 Å². The van der Waals surface area contributed by atoms with E-state index < -0.39 is 5.54 Å². The Labute approximate surface area is 107 Å². The van der Waals surface area contributed by atoms with Crippen molar-refractivity contribution < 1.29 is 9.53 Å². The van der Waals surface area contributed by atoms with E-state index in [2.05, 4.69) is 5.32 Å². The molecule has 3 heteroatoms. The smallest absolute Gasteiger partial charge is 0.330 e. The first kappa shape index (κ1) is 12.4. The third-order valence-electron chi connectivity index (χ3n) is 2.93. The maximum atomic E-state index is 11.7. The molecule has 2 aromatic rings. The molecule has 0 bridgehead atoms. The molecule has 3 nitrogen and oxygen atoms in total. The number of carbonyl (C=O) groups is 1. The third-order valence-corrected chi connectivity index (χ3v) is 2.93. The van der Waals surface area contributed by atoms with Crippen molar-refractivity contribution in [1.82, 2.24) is 0 Å². The summed E-state index contributed by atoms with van der Waals surface area (Å²) in [5, 5.41) is 5.47. The van der Waals surface area contributed by atoms with Gasteiger partial charge in [0.05, 0.1) is 7.11 Å². The van der Waals surface area contributed by atoms with Crippen molar-refractivity contribution in [1.29, 1.82) is 0 Å². The maximum Gasteiger partial charge on any atom is 0.330 e. The minimum absolute atomic E-state index is 0.282. The average Bonchev–Trinajstić information content (AvgIpc) is 2.38. The van der Waals surface area contributed by atoms with Crippen LogP contribution in [0.3, 0.4) is 0 Å². The number of ether oxygens (including phenoxy) is 1. The van der Waals surface area contributed by atoms with Gasteiger partial charge in [-0.2, -0.15) is 0 Å². The molecule has 0 spiro atoms. The van der Waals surface area contributed by atoms with E-state index in [1.54, 1.807) is 13.8 Å². The highest BCUT2D eigenvalue weighted by molar-refractivity contribution is 5.96. The lowest BCUT2D eigenvalue weighted by Gasteiger charge is -2.25. The molecule has 0 heterocycles. The zero-order valence-corrected chi connectivity index (χ0v) is 10.9. The second-order valence-corrected chi connectivity index (χ2v) is 4.77. The Morgan fingerprint density at radius 1 is 1.11 bits per heavy atom. The van der Waals surface area contributed by atoms with Gasteiger partial charge in [0.2, 0.25) is 0 Å². The first-order valence-electron chi connectivity index (χ1n) is 5.89. The van der Waals surface area contributed by atoms with Gasteiger partial charge < -0.3 is 10.1 Å². The molecule has 0 unspecified atom stereocenters. The summed E-state index contributed by atoms with van der Waals surface area (Å²) in [6, 6.07) is 14.0. The lowest BCUT2D eigenvalue weighted by atomic mass is 10.0. The highest BCUT2D eigenvalue weighted by Crippen LogP contribution is 2.26. The molecule has 2 rings (SSSR count). The zero-order chi connectivity index (χ0) is 13.2. The van der Waals surface area contributed by atoms with Gasteiger partial charge in [0, 0.05) is 11.1 Å². The SMILES string of the molecule is COC(=O)C(C)(C)Nc1cccc2ccccc12. The molecular weight excluding hydrogens is 226 g/mol. The van der Waals surface area contributed by atoms with Crippen LogP contribution in [0.5, 0.6) is 0 Å². The Balaban J connectivity index is 2.41. The molecule has 0 saturated heterocycles. The first-order chi connectivity index (χ1) is 8.54. The van der Waals surface area contributed by atoms with E-state index in [0.717, 1.165) is 16.5 Å². The fourth-order valence-electron chi connectivity index (χ4n) is 1.98. The number of benzene rings is 2. The molecule has 1 N–H and O–H groups in total. The number of anilines is 1. The third kappa shape index (κ3) is 2.30. The molecule has 18 heavy (non-hydrogen) atoms. The summed E-state index contributed by atoms with van der Waals surface area (Å²) in [6.45, 7) is 3.61. The van der Waals surface area contributed by atoms with Crippen molar-refractivity contribution in [3.63, 3.8) is 0 Å². The fourth-order valence-corrected chi connectivity index (χ4v) is 1.98. The van der Waals surface area contributed by atoms with Gasteiger partial charge in [0.15, 0.2) is 0 Å². The van der Waals surface area contributed by atoms with Gasteiger partial charge in [-0.3, -0.25) is 0 Å². The van der Waals surface area contributed by atoms with Crippen molar-refractivity contribution in [3.8, 4) is 0 Å². The quantitative estimate of drug-likeness (QED) is 0.841. The number of carbonyl (C=O) groups excluding carboxylic acids is 1. The molecule has 94 valence electrons. The summed E-state index contributed by atoms with van der Waals surface area (Å²) < 4.78 is 4.80. The molecule has 0 aliphatic carbocycles. The number of hydrogen-bond acceptors (Lipinski definition) is 3. The Bertz CT molecular complexity index is 570. The molecule has 0 atom stereocenters. The molecule has 0 aromatic heterocycles. The van der Waals surface area contributed by atoms with Crippen LogP contribution in [0.1, 0.15) is 13.8 Å². The van der Waals surface area contributed by atoms with Gasteiger partial charge in [0.1, 0.15) is 5.54 Å². The van der Waals surface area contributed by atoms with E-state index in [1.807, 2.05) is 42.5 Å². The van der Waals surface area contributed by atoms with Gasteiger partial charge >= 0.3 is 5.97 Å². The predicted octanol–water partition coefficient (Wildman–Crippen LogP) is 3.20. The molecule has 0 aliphatic rings. The van der Waals surface area contributed by atoms with Gasteiger partial charge in [0.25, 0.3) is 0 Å². The average molecular weight is 243 g/mol. The second kappa shape index (κ2) is 4.69. The van der Waals surface area contributed by atoms with Crippen LogP contribution in [0.25, 0.3) is 10.8 Å². The van der Waals surface area contributed by atoms with E-state index in [-0.39, 0.29) is 5.97 Å². The highest BCUT2D eigenvalue weighted by atomic mass is 16.5. The Kier molecular flexibility index (Phi) is 3.24. The van der Waals surface area contributed by atoms with E-state index in [0.29, 0.717) is 0 Å². The Hall–Kier alpha value is -2.03. The van der Waals surface area contributed by atoms with E-state index in [1.165, 1.54) is 7.11 Å². The monoisotopic (exact) mass is 243 g/mol. The van der Waals surface area contributed by atoms with Crippen molar-refractivity contribution in [3.05, 3.63) is 42.5 Å². The summed E-state index contributed by atoms with van der Waals surface area (Å²) in [4.78, 5) is 11.7. The number of methoxy groups -OCH3 is 1. The summed E-state index contributed by atoms with van der Waals surface area (Å²) in [5.41, 5.74) is 0.183. The Morgan fingerprint density at radius 3 is 2.50 bits per heavy atom. The van der Waals surface area contributed by atoms with Crippen molar-refractivity contribution in [2.45, 2.75) is 19.4 Å². The molecule has 0 radical (unpaired) electrons. The summed E-state index contributed by atoms with van der Waals surface area (Å²) in [6.07, 6.45) is 0. The fraction of sp³-hybridized carbons (Fsp3) is 0.267. The summed E-state index contributed by atoms with van der Waals surface area (Å²) in [5.74, 6) is -0.282. The topological polar surface area (TPSA) is 38.3 Å². The number of hydrogen-bond donors (Lipinski definition) is 1. The molecule has 0 aliphatic heterocycles. The zero-order valence-electron chi connectivity index (χ0n) is 10.9. The normalized spacial score (nSPS) is 11.3. The van der Waals surface area contributed by atoms with Crippen molar-refractivity contribution in [2.75, 3.05) is 12.4 Å². The van der Waals surface area contributed by atoms with Crippen LogP contribution in [-0.4, -0.2) is 18.6 Å². The lowest BCUT2D eigenvalue weighted by molar-refractivity contribution is -0.144. The number of fused-ring (bicyclic) bond motifs is 1. The van der Waals surface area contributed by atoms with Crippen molar-refractivity contribution >= 4 is 22.4 Å². The molecule has 0 fully saturated rings. The van der Waals surface area contributed by atoms with Crippen LogP contribution < -0.4 is 5.32 Å².